The van der Waals surface area contributed by atoms with Gasteiger partial charge >= 0.3 is 5.97 Å². The number of aliphatic carboxylic acids is 1. The third kappa shape index (κ3) is 11.9. The first-order valence-corrected chi connectivity index (χ1v) is 12.9. The normalized spacial score (nSPS) is 21.2. The van der Waals surface area contributed by atoms with E-state index in [1.807, 2.05) is 6.08 Å². The Morgan fingerprint density at radius 1 is 1.03 bits per heavy atom. The number of unbranched alkanes of at least 4 members (excludes halogenated alkanes) is 6. The number of hydrogen-bond acceptors (Lipinski definition) is 3. The number of aliphatic hydroxyl groups excluding tert-OH is 2. The second-order valence-corrected chi connectivity index (χ2v) is 9.63. The van der Waals surface area contributed by atoms with Crippen molar-refractivity contribution in [2.75, 3.05) is 0 Å². The fourth-order valence-electron chi connectivity index (χ4n) is 4.77. The second kappa shape index (κ2) is 16.5. The molecule has 0 aromatic carbocycles. The monoisotopic (exact) mass is 436 g/mol. The van der Waals surface area contributed by atoms with Crippen LogP contribution in [0.15, 0.2) is 23.3 Å². The molecule has 4 heteroatoms. The Hall–Kier alpha value is -1.13. The fourth-order valence-corrected chi connectivity index (χ4v) is 4.77. The maximum Gasteiger partial charge on any atom is 0.303 e. The molecule has 0 heterocycles. The van der Waals surface area contributed by atoms with Crippen LogP contribution in [0.3, 0.4) is 0 Å². The Balaban J connectivity index is 2.68. The van der Waals surface area contributed by atoms with E-state index in [-0.39, 0.29) is 18.4 Å². The molecule has 1 aliphatic rings. The van der Waals surface area contributed by atoms with Gasteiger partial charge in [-0.05, 0) is 50.9 Å². The van der Waals surface area contributed by atoms with Crippen LogP contribution in [-0.2, 0) is 4.79 Å². The van der Waals surface area contributed by atoms with Gasteiger partial charge in [0.1, 0.15) is 0 Å². The van der Waals surface area contributed by atoms with Crippen LogP contribution in [0, 0.1) is 11.8 Å². The van der Waals surface area contributed by atoms with Gasteiger partial charge in [0, 0.05) is 12.3 Å². The lowest BCUT2D eigenvalue weighted by molar-refractivity contribution is -0.137. The largest absolute Gasteiger partial charge is 0.481 e. The first-order chi connectivity index (χ1) is 14.9. The molecule has 1 rings (SSSR count). The van der Waals surface area contributed by atoms with Crippen LogP contribution in [0.2, 0.25) is 0 Å². The average Bonchev–Trinajstić information content (AvgIpc) is 3.01. The zero-order valence-corrected chi connectivity index (χ0v) is 20.3. The molecule has 0 aliphatic heterocycles. The van der Waals surface area contributed by atoms with Gasteiger partial charge in [0.05, 0.1) is 12.2 Å². The van der Waals surface area contributed by atoms with Crippen molar-refractivity contribution in [1.82, 2.24) is 0 Å². The minimum atomic E-state index is -0.715. The molecular weight excluding hydrogens is 388 g/mol. The first-order valence-electron chi connectivity index (χ1n) is 12.9. The van der Waals surface area contributed by atoms with E-state index in [1.54, 1.807) is 0 Å². The summed E-state index contributed by atoms with van der Waals surface area (Å²) in [5.41, 5.74) is 2.80. The van der Waals surface area contributed by atoms with Crippen LogP contribution in [-0.4, -0.2) is 33.5 Å². The van der Waals surface area contributed by atoms with Gasteiger partial charge < -0.3 is 15.3 Å². The standard InChI is InChI=1S/C27H48O4/c1-4-6-10-14-22-20-26(29)25(18-17-23(28)19-21(3)13-7-5-2)24(22)15-11-8-9-12-16-27(30)31/h17-18,21,23,25-26,28-29H,4-16,19-20H2,1-3H3,(H,30,31)/t21-,23-,25-,26-/m1/s1. The first kappa shape index (κ1) is 27.9. The number of carboxylic acids is 1. The Labute approximate surface area is 190 Å². The molecule has 0 amide bonds. The minimum Gasteiger partial charge on any atom is -0.481 e. The summed E-state index contributed by atoms with van der Waals surface area (Å²) < 4.78 is 0. The third-order valence-electron chi connectivity index (χ3n) is 6.63. The quantitative estimate of drug-likeness (QED) is 0.163. The maximum atomic E-state index is 10.8. The molecule has 0 aromatic heterocycles. The van der Waals surface area contributed by atoms with Crippen LogP contribution in [0.1, 0.15) is 117 Å². The van der Waals surface area contributed by atoms with E-state index in [1.165, 1.54) is 43.3 Å². The predicted octanol–water partition coefficient (Wildman–Crippen LogP) is 6.80. The van der Waals surface area contributed by atoms with Gasteiger partial charge in [-0.15, -0.1) is 0 Å². The van der Waals surface area contributed by atoms with Crippen LogP contribution in [0.25, 0.3) is 0 Å². The smallest absolute Gasteiger partial charge is 0.303 e. The molecule has 0 saturated heterocycles. The highest BCUT2D eigenvalue weighted by atomic mass is 16.4. The maximum absolute atomic E-state index is 10.8. The van der Waals surface area contributed by atoms with Gasteiger partial charge in [-0.2, -0.15) is 0 Å². The highest BCUT2D eigenvalue weighted by molar-refractivity contribution is 5.66. The average molecular weight is 437 g/mol. The van der Waals surface area contributed by atoms with Crippen molar-refractivity contribution in [2.45, 2.75) is 129 Å². The summed E-state index contributed by atoms with van der Waals surface area (Å²) in [6.07, 6.45) is 17.9. The number of hydrogen-bond donors (Lipinski definition) is 3. The summed E-state index contributed by atoms with van der Waals surface area (Å²) in [6, 6.07) is 0. The predicted molar refractivity (Wildman–Crippen MR) is 129 cm³/mol. The molecule has 0 radical (unpaired) electrons. The lowest BCUT2D eigenvalue weighted by Crippen LogP contribution is -2.16. The van der Waals surface area contributed by atoms with Crippen molar-refractivity contribution in [3.05, 3.63) is 23.3 Å². The van der Waals surface area contributed by atoms with Crippen molar-refractivity contribution >= 4 is 5.97 Å². The van der Waals surface area contributed by atoms with E-state index in [9.17, 15) is 15.0 Å². The van der Waals surface area contributed by atoms with E-state index in [0.29, 0.717) is 5.92 Å². The number of carbonyl (C=O) groups is 1. The number of carboxylic acid groups (broad SMARTS) is 1. The van der Waals surface area contributed by atoms with E-state index in [4.69, 9.17) is 5.11 Å². The van der Waals surface area contributed by atoms with Gasteiger partial charge in [0.25, 0.3) is 0 Å². The molecule has 0 aromatic rings. The van der Waals surface area contributed by atoms with Gasteiger partial charge in [-0.1, -0.05) is 89.0 Å². The molecule has 1 aliphatic carbocycles. The highest BCUT2D eigenvalue weighted by Crippen LogP contribution is 2.39. The van der Waals surface area contributed by atoms with Crippen molar-refractivity contribution in [2.24, 2.45) is 11.8 Å². The molecule has 31 heavy (non-hydrogen) atoms. The van der Waals surface area contributed by atoms with E-state index >= 15 is 0 Å². The Kier molecular flexibility index (Phi) is 14.8. The zero-order chi connectivity index (χ0) is 23.1. The van der Waals surface area contributed by atoms with Crippen molar-refractivity contribution < 1.29 is 20.1 Å². The van der Waals surface area contributed by atoms with Crippen molar-refractivity contribution in [3.8, 4) is 0 Å². The van der Waals surface area contributed by atoms with E-state index < -0.39 is 12.1 Å². The second-order valence-electron chi connectivity index (χ2n) is 9.63. The molecule has 0 saturated carbocycles. The van der Waals surface area contributed by atoms with Crippen LogP contribution < -0.4 is 0 Å². The summed E-state index contributed by atoms with van der Waals surface area (Å²) in [7, 11) is 0. The van der Waals surface area contributed by atoms with Gasteiger partial charge in [-0.3, -0.25) is 4.79 Å². The lowest BCUT2D eigenvalue weighted by atomic mass is 9.91. The summed E-state index contributed by atoms with van der Waals surface area (Å²) in [4.78, 5) is 10.7. The molecule has 4 nitrogen and oxygen atoms in total. The zero-order valence-electron chi connectivity index (χ0n) is 20.3. The fraction of sp³-hybridized carbons (Fsp3) is 0.815. The molecule has 0 spiro atoms. The molecule has 3 N–H and O–H groups in total. The Morgan fingerprint density at radius 2 is 1.71 bits per heavy atom. The summed E-state index contributed by atoms with van der Waals surface area (Å²) >= 11 is 0. The van der Waals surface area contributed by atoms with Crippen molar-refractivity contribution in [3.63, 3.8) is 0 Å². The Bertz CT molecular complexity index is 551. The number of rotatable bonds is 18. The van der Waals surface area contributed by atoms with Crippen LogP contribution in [0.4, 0.5) is 0 Å². The topological polar surface area (TPSA) is 77.8 Å². The Morgan fingerprint density at radius 3 is 2.39 bits per heavy atom. The molecule has 0 unspecified atom stereocenters. The summed E-state index contributed by atoms with van der Waals surface area (Å²) in [5.74, 6) is -0.178. The molecular formula is C27H48O4. The summed E-state index contributed by atoms with van der Waals surface area (Å²) in [6.45, 7) is 6.62. The highest BCUT2D eigenvalue weighted by Gasteiger charge is 2.31. The van der Waals surface area contributed by atoms with E-state index in [0.717, 1.165) is 57.8 Å². The van der Waals surface area contributed by atoms with Gasteiger partial charge in [0.2, 0.25) is 0 Å². The molecule has 0 bridgehead atoms. The van der Waals surface area contributed by atoms with Gasteiger partial charge in [-0.25, -0.2) is 0 Å². The number of aliphatic hydroxyl groups is 2. The van der Waals surface area contributed by atoms with Crippen LogP contribution in [0.5, 0.6) is 0 Å². The SMILES string of the molecule is CCCCCC1=C(CCCCCCC(=O)O)[C@@H](C=C[C@@H](O)C[C@H](C)CCCC)[C@H](O)C1. The summed E-state index contributed by atoms with van der Waals surface area (Å²) in [5, 5.41) is 30.0. The molecule has 180 valence electrons. The third-order valence-corrected chi connectivity index (χ3v) is 6.63. The molecule has 4 atom stereocenters. The van der Waals surface area contributed by atoms with Gasteiger partial charge in [0.15, 0.2) is 0 Å². The minimum absolute atomic E-state index is 0.0243. The van der Waals surface area contributed by atoms with E-state index in [2.05, 4.69) is 26.8 Å². The lowest BCUT2D eigenvalue weighted by Gasteiger charge is -2.18. The molecule has 0 fully saturated rings. The van der Waals surface area contributed by atoms with Crippen molar-refractivity contribution in [1.29, 1.82) is 0 Å². The van der Waals surface area contributed by atoms with Crippen LogP contribution >= 0.6 is 0 Å².